The van der Waals surface area contributed by atoms with Crippen molar-refractivity contribution in [3.63, 3.8) is 0 Å². The molecule has 3 heteroatoms. The Balaban J connectivity index is 1.88. The Morgan fingerprint density at radius 3 is 2.81 bits per heavy atom. The van der Waals surface area contributed by atoms with Crippen LogP contribution in [0.3, 0.4) is 0 Å². The van der Waals surface area contributed by atoms with Gasteiger partial charge in [0.1, 0.15) is 0 Å². The van der Waals surface area contributed by atoms with Crippen LogP contribution in [0.2, 0.25) is 0 Å². The van der Waals surface area contributed by atoms with Crippen molar-refractivity contribution in [1.29, 1.82) is 0 Å². The number of likely N-dealkylation sites (tertiary alicyclic amines) is 1. The molecule has 0 spiro atoms. The van der Waals surface area contributed by atoms with E-state index < -0.39 is 0 Å². The monoisotopic (exact) mass is 289 g/mol. The van der Waals surface area contributed by atoms with Crippen LogP contribution >= 0.6 is 0 Å². The summed E-state index contributed by atoms with van der Waals surface area (Å²) in [5.41, 5.74) is 2.88. The summed E-state index contributed by atoms with van der Waals surface area (Å²) in [6.45, 7) is 12.3. The molecule has 1 N–H and O–H groups in total. The van der Waals surface area contributed by atoms with E-state index in [1.807, 2.05) is 0 Å². The first-order valence-corrected chi connectivity index (χ1v) is 8.47. The molecule has 0 amide bonds. The van der Waals surface area contributed by atoms with E-state index in [4.69, 9.17) is 4.98 Å². The number of nitrogens with zero attached hydrogens (tertiary/aromatic N) is 2. The van der Waals surface area contributed by atoms with Crippen molar-refractivity contribution in [2.24, 2.45) is 5.41 Å². The first-order chi connectivity index (χ1) is 10.1. The van der Waals surface area contributed by atoms with Gasteiger partial charge in [-0.05, 0) is 62.9 Å². The minimum atomic E-state index is 0.508. The van der Waals surface area contributed by atoms with Gasteiger partial charge in [0.05, 0.1) is 11.4 Å². The average Bonchev–Trinajstić information content (AvgIpc) is 2.61. The van der Waals surface area contributed by atoms with E-state index in [9.17, 15) is 0 Å². The number of pyridine rings is 1. The van der Waals surface area contributed by atoms with Gasteiger partial charge in [-0.25, -0.2) is 0 Å². The molecule has 0 aliphatic carbocycles. The van der Waals surface area contributed by atoms with Crippen LogP contribution in [0.25, 0.3) is 0 Å². The molecule has 1 saturated heterocycles. The summed E-state index contributed by atoms with van der Waals surface area (Å²) < 4.78 is 0. The van der Waals surface area contributed by atoms with Gasteiger partial charge in [0.15, 0.2) is 0 Å². The van der Waals surface area contributed by atoms with Gasteiger partial charge in [-0.2, -0.15) is 0 Å². The second-order valence-corrected chi connectivity index (χ2v) is 7.09. The Hall–Kier alpha value is -0.930. The minimum Gasteiger partial charge on any atom is -0.311 e. The number of nitrogens with one attached hydrogen (secondary N) is 1. The van der Waals surface area contributed by atoms with Crippen LogP contribution in [0.15, 0.2) is 18.2 Å². The van der Waals surface area contributed by atoms with Crippen LogP contribution in [-0.2, 0) is 13.1 Å². The molecule has 1 aliphatic rings. The lowest BCUT2D eigenvalue weighted by Gasteiger charge is -2.23. The van der Waals surface area contributed by atoms with E-state index in [1.54, 1.807) is 0 Å². The number of aromatic nitrogens is 1. The Labute approximate surface area is 130 Å². The molecule has 2 heterocycles. The van der Waals surface area contributed by atoms with E-state index in [0.717, 1.165) is 25.3 Å². The summed E-state index contributed by atoms with van der Waals surface area (Å²) in [7, 11) is 0. The Bertz CT molecular complexity index is 428. The third-order valence-corrected chi connectivity index (χ3v) is 4.42. The summed E-state index contributed by atoms with van der Waals surface area (Å²) in [6, 6.07) is 6.43. The van der Waals surface area contributed by atoms with Crippen molar-refractivity contribution in [2.75, 3.05) is 19.6 Å². The van der Waals surface area contributed by atoms with Crippen molar-refractivity contribution in [2.45, 2.75) is 59.5 Å². The normalized spacial score (nSPS) is 19.4. The quantitative estimate of drug-likeness (QED) is 0.811. The zero-order valence-corrected chi connectivity index (χ0v) is 14.0. The molecule has 2 rings (SSSR count). The van der Waals surface area contributed by atoms with Crippen molar-refractivity contribution >= 4 is 0 Å². The van der Waals surface area contributed by atoms with Crippen LogP contribution < -0.4 is 5.32 Å². The van der Waals surface area contributed by atoms with Gasteiger partial charge in [-0.15, -0.1) is 0 Å². The third kappa shape index (κ3) is 5.76. The zero-order chi connectivity index (χ0) is 15.1. The summed E-state index contributed by atoms with van der Waals surface area (Å²) in [5.74, 6) is 0. The maximum atomic E-state index is 4.80. The van der Waals surface area contributed by atoms with Crippen LogP contribution in [0.5, 0.6) is 0 Å². The largest absolute Gasteiger partial charge is 0.311 e. The van der Waals surface area contributed by atoms with E-state index in [-0.39, 0.29) is 0 Å². The highest BCUT2D eigenvalue weighted by atomic mass is 15.1. The molecule has 21 heavy (non-hydrogen) atoms. The SMILES string of the molecule is CCCNCc1cccc(CN2CCCC(C)(C)CC2)n1. The fourth-order valence-electron chi connectivity index (χ4n) is 2.98. The molecule has 3 nitrogen and oxygen atoms in total. The van der Waals surface area contributed by atoms with Crippen molar-refractivity contribution in [3.05, 3.63) is 29.6 Å². The lowest BCUT2D eigenvalue weighted by atomic mass is 9.85. The lowest BCUT2D eigenvalue weighted by Crippen LogP contribution is -2.25. The van der Waals surface area contributed by atoms with Crippen LogP contribution in [-0.4, -0.2) is 29.5 Å². The van der Waals surface area contributed by atoms with E-state index >= 15 is 0 Å². The summed E-state index contributed by atoms with van der Waals surface area (Å²) in [6.07, 6.45) is 5.12. The molecule has 0 saturated carbocycles. The standard InChI is InChI=1S/C18H31N3/c1-4-11-19-14-16-7-5-8-17(20-16)15-21-12-6-9-18(2,3)10-13-21/h5,7-8,19H,4,6,9-15H2,1-3H3. The van der Waals surface area contributed by atoms with Crippen molar-refractivity contribution in [1.82, 2.24) is 15.2 Å². The first kappa shape index (κ1) is 16.4. The van der Waals surface area contributed by atoms with Gasteiger partial charge in [-0.1, -0.05) is 26.8 Å². The molecule has 1 fully saturated rings. The lowest BCUT2D eigenvalue weighted by molar-refractivity contribution is 0.253. The summed E-state index contributed by atoms with van der Waals surface area (Å²) in [4.78, 5) is 7.37. The minimum absolute atomic E-state index is 0.508. The van der Waals surface area contributed by atoms with E-state index in [0.29, 0.717) is 5.41 Å². The van der Waals surface area contributed by atoms with Crippen molar-refractivity contribution < 1.29 is 0 Å². The molecule has 118 valence electrons. The first-order valence-electron chi connectivity index (χ1n) is 8.47. The van der Waals surface area contributed by atoms with Gasteiger partial charge in [0.2, 0.25) is 0 Å². The molecule has 1 aromatic heterocycles. The molecule has 0 unspecified atom stereocenters. The molecule has 1 aromatic rings. The van der Waals surface area contributed by atoms with E-state index in [1.165, 1.54) is 44.5 Å². The topological polar surface area (TPSA) is 28.2 Å². The fourth-order valence-corrected chi connectivity index (χ4v) is 2.98. The number of hydrogen-bond donors (Lipinski definition) is 1. The van der Waals surface area contributed by atoms with Gasteiger partial charge in [-0.3, -0.25) is 9.88 Å². The Kier molecular flexibility index (Phi) is 6.19. The predicted molar refractivity (Wildman–Crippen MR) is 89.1 cm³/mol. The maximum Gasteiger partial charge on any atom is 0.0547 e. The molecule has 0 aromatic carbocycles. The molecule has 0 atom stereocenters. The maximum absolute atomic E-state index is 4.80. The molecular formula is C18H31N3. The van der Waals surface area contributed by atoms with Crippen LogP contribution in [0.4, 0.5) is 0 Å². The predicted octanol–water partition coefficient (Wildman–Crippen LogP) is 3.59. The van der Waals surface area contributed by atoms with Gasteiger partial charge >= 0.3 is 0 Å². The Morgan fingerprint density at radius 2 is 2.00 bits per heavy atom. The van der Waals surface area contributed by atoms with Crippen LogP contribution in [0.1, 0.15) is 57.8 Å². The van der Waals surface area contributed by atoms with Gasteiger partial charge in [0.25, 0.3) is 0 Å². The summed E-state index contributed by atoms with van der Waals surface area (Å²) in [5, 5.41) is 3.43. The zero-order valence-electron chi connectivity index (χ0n) is 14.0. The van der Waals surface area contributed by atoms with E-state index in [2.05, 4.69) is 49.2 Å². The Morgan fingerprint density at radius 1 is 1.19 bits per heavy atom. The van der Waals surface area contributed by atoms with Crippen molar-refractivity contribution in [3.8, 4) is 0 Å². The van der Waals surface area contributed by atoms with Gasteiger partial charge < -0.3 is 5.32 Å². The number of rotatable bonds is 6. The molecule has 0 bridgehead atoms. The molecule has 0 radical (unpaired) electrons. The molecular weight excluding hydrogens is 258 g/mol. The second kappa shape index (κ2) is 7.90. The second-order valence-electron chi connectivity index (χ2n) is 7.09. The summed E-state index contributed by atoms with van der Waals surface area (Å²) >= 11 is 0. The van der Waals surface area contributed by atoms with Gasteiger partial charge in [0, 0.05) is 13.1 Å². The van der Waals surface area contributed by atoms with Crippen LogP contribution in [0, 0.1) is 5.41 Å². The molecule has 1 aliphatic heterocycles. The smallest absolute Gasteiger partial charge is 0.0547 e. The highest BCUT2D eigenvalue weighted by Gasteiger charge is 2.23. The average molecular weight is 289 g/mol. The number of hydrogen-bond acceptors (Lipinski definition) is 3. The third-order valence-electron chi connectivity index (χ3n) is 4.42. The fraction of sp³-hybridized carbons (Fsp3) is 0.722. The highest BCUT2D eigenvalue weighted by Crippen LogP contribution is 2.30. The highest BCUT2D eigenvalue weighted by molar-refractivity contribution is 5.11.